The van der Waals surface area contributed by atoms with E-state index in [9.17, 15) is 4.79 Å². The molecule has 0 radical (unpaired) electrons. The maximum atomic E-state index is 13.6. The van der Waals surface area contributed by atoms with Gasteiger partial charge in [-0.15, -0.1) is 0 Å². The van der Waals surface area contributed by atoms with E-state index in [0.717, 1.165) is 22.5 Å². The van der Waals surface area contributed by atoms with Crippen molar-refractivity contribution >= 4 is 17.3 Å². The lowest BCUT2D eigenvalue weighted by molar-refractivity contribution is -0.130. The molecule has 1 unspecified atom stereocenters. The SMILES string of the molecule is CCN(CC)C(=O)C(C(Cc1ccccc1)=Nc1ccc(C)cc1)c1ccccc1. The standard InChI is InChI=1S/C27H30N2O/c1-4-29(5-2)27(30)26(23-14-10-7-11-15-23)25(20-22-12-8-6-9-13-22)28-24-18-16-21(3)17-19-24/h6-19,26H,4-5,20H2,1-3H3. The van der Waals surface area contributed by atoms with Crippen LogP contribution in [0.5, 0.6) is 0 Å². The van der Waals surface area contributed by atoms with Crippen molar-refractivity contribution in [2.45, 2.75) is 33.1 Å². The second kappa shape index (κ2) is 10.5. The van der Waals surface area contributed by atoms with Crippen molar-refractivity contribution in [3.05, 3.63) is 102 Å². The summed E-state index contributed by atoms with van der Waals surface area (Å²) >= 11 is 0. The number of likely N-dealkylation sites (N-methyl/N-ethyl adjacent to an activating group) is 1. The Morgan fingerprint density at radius 3 is 1.97 bits per heavy atom. The van der Waals surface area contributed by atoms with Gasteiger partial charge in [-0.3, -0.25) is 9.79 Å². The first-order valence-corrected chi connectivity index (χ1v) is 10.6. The molecule has 0 bridgehead atoms. The number of aliphatic imine (C=N–C) groups is 1. The third-order valence-electron chi connectivity index (χ3n) is 5.32. The molecule has 0 aromatic heterocycles. The highest BCUT2D eigenvalue weighted by Gasteiger charge is 2.29. The molecule has 0 heterocycles. The Balaban J connectivity index is 2.12. The van der Waals surface area contributed by atoms with E-state index >= 15 is 0 Å². The topological polar surface area (TPSA) is 32.7 Å². The van der Waals surface area contributed by atoms with Gasteiger partial charge in [0.15, 0.2) is 0 Å². The summed E-state index contributed by atoms with van der Waals surface area (Å²) in [5.41, 5.74) is 5.07. The Kier molecular flexibility index (Phi) is 7.56. The average molecular weight is 399 g/mol. The molecule has 0 spiro atoms. The maximum absolute atomic E-state index is 13.6. The number of rotatable bonds is 8. The second-order valence-electron chi connectivity index (χ2n) is 7.46. The third kappa shape index (κ3) is 5.44. The van der Waals surface area contributed by atoms with Crippen molar-refractivity contribution in [2.24, 2.45) is 4.99 Å². The van der Waals surface area contributed by atoms with Crippen molar-refractivity contribution < 1.29 is 4.79 Å². The van der Waals surface area contributed by atoms with Crippen molar-refractivity contribution in [2.75, 3.05) is 13.1 Å². The molecule has 0 aliphatic carbocycles. The molecule has 0 saturated heterocycles. The Labute approximate surface area is 180 Å². The van der Waals surface area contributed by atoms with Gasteiger partial charge in [-0.1, -0.05) is 78.4 Å². The van der Waals surface area contributed by atoms with E-state index in [1.807, 2.05) is 79.4 Å². The molecule has 1 amide bonds. The minimum atomic E-state index is -0.410. The number of carbonyl (C=O) groups is 1. The van der Waals surface area contributed by atoms with Crippen molar-refractivity contribution in [1.82, 2.24) is 4.90 Å². The lowest BCUT2D eigenvalue weighted by Crippen LogP contribution is -2.38. The molecule has 3 nitrogen and oxygen atoms in total. The van der Waals surface area contributed by atoms with Gasteiger partial charge in [0.05, 0.1) is 5.69 Å². The van der Waals surface area contributed by atoms with Crippen LogP contribution in [-0.4, -0.2) is 29.6 Å². The van der Waals surface area contributed by atoms with Crippen LogP contribution in [0.3, 0.4) is 0 Å². The van der Waals surface area contributed by atoms with Gasteiger partial charge in [0.25, 0.3) is 0 Å². The van der Waals surface area contributed by atoms with Gasteiger partial charge in [0.2, 0.25) is 5.91 Å². The summed E-state index contributed by atoms with van der Waals surface area (Å²) in [6.07, 6.45) is 0.626. The summed E-state index contributed by atoms with van der Waals surface area (Å²) in [6, 6.07) is 28.4. The monoisotopic (exact) mass is 398 g/mol. The minimum absolute atomic E-state index is 0.105. The zero-order chi connectivity index (χ0) is 21.3. The molecule has 30 heavy (non-hydrogen) atoms. The number of benzene rings is 3. The fourth-order valence-corrected chi connectivity index (χ4v) is 3.64. The predicted molar refractivity (Wildman–Crippen MR) is 126 cm³/mol. The number of carbonyl (C=O) groups excluding carboxylic acids is 1. The molecule has 1 atom stereocenters. The van der Waals surface area contributed by atoms with E-state index in [4.69, 9.17) is 4.99 Å². The Morgan fingerprint density at radius 2 is 1.40 bits per heavy atom. The van der Waals surface area contributed by atoms with Crippen LogP contribution in [0.25, 0.3) is 0 Å². The van der Waals surface area contributed by atoms with E-state index in [0.29, 0.717) is 19.5 Å². The number of nitrogens with zero attached hydrogens (tertiary/aromatic N) is 2. The van der Waals surface area contributed by atoms with Crippen LogP contribution in [0, 0.1) is 6.92 Å². The normalized spacial score (nSPS) is 12.4. The lowest BCUT2D eigenvalue weighted by Gasteiger charge is -2.27. The first-order valence-electron chi connectivity index (χ1n) is 10.6. The van der Waals surface area contributed by atoms with Crippen LogP contribution in [0.2, 0.25) is 0 Å². The van der Waals surface area contributed by atoms with E-state index in [1.54, 1.807) is 0 Å². The first-order chi connectivity index (χ1) is 14.6. The number of hydrogen-bond acceptors (Lipinski definition) is 2. The molecule has 3 aromatic rings. The summed E-state index contributed by atoms with van der Waals surface area (Å²) in [6.45, 7) is 7.48. The van der Waals surface area contributed by atoms with E-state index in [-0.39, 0.29) is 5.91 Å². The molecular formula is C27H30N2O. The molecule has 0 N–H and O–H groups in total. The maximum Gasteiger partial charge on any atom is 0.235 e. The smallest absolute Gasteiger partial charge is 0.235 e. The van der Waals surface area contributed by atoms with Crippen LogP contribution in [0.4, 0.5) is 5.69 Å². The van der Waals surface area contributed by atoms with Crippen LogP contribution in [0.15, 0.2) is 89.9 Å². The predicted octanol–water partition coefficient (Wildman–Crippen LogP) is 5.96. The van der Waals surface area contributed by atoms with Gasteiger partial charge in [0, 0.05) is 25.2 Å². The van der Waals surface area contributed by atoms with Crippen molar-refractivity contribution in [3.8, 4) is 0 Å². The van der Waals surface area contributed by atoms with Gasteiger partial charge in [-0.2, -0.15) is 0 Å². The van der Waals surface area contributed by atoms with Crippen LogP contribution < -0.4 is 0 Å². The average Bonchev–Trinajstić information content (AvgIpc) is 2.78. The lowest BCUT2D eigenvalue weighted by atomic mass is 9.88. The molecule has 0 aliphatic heterocycles. The van der Waals surface area contributed by atoms with Crippen molar-refractivity contribution in [1.29, 1.82) is 0 Å². The van der Waals surface area contributed by atoms with Gasteiger partial charge in [-0.05, 0) is 44.0 Å². The van der Waals surface area contributed by atoms with E-state index < -0.39 is 5.92 Å². The Bertz CT molecular complexity index is 959. The number of amides is 1. The van der Waals surface area contributed by atoms with Crippen LogP contribution in [0.1, 0.15) is 36.5 Å². The van der Waals surface area contributed by atoms with Gasteiger partial charge in [-0.25, -0.2) is 0 Å². The largest absolute Gasteiger partial charge is 0.342 e. The number of aryl methyl sites for hydroxylation is 1. The molecule has 3 heteroatoms. The Morgan fingerprint density at radius 1 is 0.833 bits per heavy atom. The summed E-state index contributed by atoms with van der Waals surface area (Å²) in [7, 11) is 0. The highest BCUT2D eigenvalue weighted by molar-refractivity contribution is 6.10. The fraction of sp³-hybridized carbons (Fsp3) is 0.259. The second-order valence-corrected chi connectivity index (χ2v) is 7.46. The van der Waals surface area contributed by atoms with Crippen LogP contribution >= 0.6 is 0 Å². The number of hydrogen-bond donors (Lipinski definition) is 0. The summed E-state index contributed by atoms with van der Waals surface area (Å²) < 4.78 is 0. The third-order valence-corrected chi connectivity index (χ3v) is 5.32. The first kappa shape index (κ1) is 21.5. The van der Waals surface area contributed by atoms with Crippen LogP contribution in [-0.2, 0) is 11.2 Å². The molecule has 3 aromatic carbocycles. The molecule has 0 fully saturated rings. The summed E-state index contributed by atoms with van der Waals surface area (Å²) in [4.78, 5) is 20.5. The zero-order valence-corrected chi connectivity index (χ0v) is 18.1. The molecule has 0 aliphatic rings. The van der Waals surface area contributed by atoms with E-state index in [1.165, 1.54) is 5.56 Å². The van der Waals surface area contributed by atoms with Gasteiger partial charge in [0.1, 0.15) is 5.92 Å². The molecule has 154 valence electrons. The van der Waals surface area contributed by atoms with E-state index in [2.05, 4.69) is 31.2 Å². The van der Waals surface area contributed by atoms with Gasteiger partial charge >= 0.3 is 0 Å². The zero-order valence-electron chi connectivity index (χ0n) is 18.1. The summed E-state index contributed by atoms with van der Waals surface area (Å²) in [5, 5.41) is 0. The summed E-state index contributed by atoms with van der Waals surface area (Å²) in [5.74, 6) is -0.305. The molecule has 3 rings (SSSR count). The Hall–Kier alpha value is -3.20. The molecule has 0 saturated carbocycles. The van der Waals surface area contributed by atoms with Crippen molar-refractivity contribution in [3.63, 3.8) is 0 Å². The quantitative estimate of drug-likeness (QED) is 0.431. The van der Waals surface area contributed by atoms with Gasteiger partial charge < -0.3 is 4.90 Å². The highest BCUT2D eigenvalue weighted by Crippen LogP contribution is 2.26. The minimum Gasteiger partial charge on any atom is -0.342 e. The highest BCUT2D eigenvalue weighted by atomic mass is 16.2. The fourth-order valence-electron chi connectivity index (χ4n) is 3.64. The molecular weight excluding hydrogens is 368 g/mol.